The number of aromatic nitrogens is 2. The van der Waals surface area contributed by atoms with Crippen LogP contribution >= 0.6 is 23.1 Å². The summed E-state index contributed by atoms with van der Waals surface area (Å²) in [7, 11) is 0. The highest BCUT2D eigenvalue weighted by atomic mass is 35.5. The zero-order valence-electron chi connectivity index (χ0n) is 9.29. The maximum Gasteiger partial charge on any atom is 0.420 e. The third kappa shape index (κ3) is 2.14. The molecule has 1 aliphatic rings. The summed E-state index contributed by atoms with van der Waals surface area (Å²) in [6.45, 7) is 0.153. The van der Waals surface area contributed by atoms with Gasteiger partial charge in [-0.25, -0.2) is 4.79 Å². The van der Waals surface area contributed by atoms with Gasteiger partial charge < -0.3 is 5.32 Å². The summed E-state index contributed by atoms with van der Waals surface area (Å²) >= 11 is 6.48. The standard InChI is InChI=1S/C8H6ClF3N4O2S/c1-7(8(10,11)12)5(17)16(6(18)13-7)2-3-4(9)19-15-14-3/h2H2,1H3,(H,13,18). The Kier molecular flexibility index (Phi) is 3.17. The number of nitrogens with one attached hydrogen (secondary N) is 1. The molecule has 1 aromatic rings. The molecule has 0 radical (unpaired) electrons. The van der Waals surface area contributed by atoms with Gasteiger partial charge >= 0.3 is 12.2 Å². The second-order valence-corrected chi connectivity index (χ2v) is 5.29. The molecule has 2 heterocycles. The normalized spacial score (nSPS) is 23.9. The van der Waals surface area contributed by atoms with Crippen molar-refractivity contribution in [3.8, 4) is 0 Å². The van der Waals surface area contributed by atoms with Crippen LogP contribution in [-0.2, 0) is 11.3 Å². The number of carbonyl (C=O) groups is 2. The van der Waals surface area contributed by atoms with Gasteiger partial charge in [-0.1, -0.05) is 16.1 Å². The Morgan fingerprint density at radius 2 is 2.11 bits per heavy atom. The molecule has 1 aliphatic heterocycles. The average molecular weight is 315 g/mol. The molecule has 0 aromatic carbocycles. The van der Waals surface area contributed by atoms with E-state index in [0.717, 1.165) is 11.5 Å². The molecular weight excluding hydrogens is 309 g/mol. The van der Waals surface area contributed by atoms with Gasteiger partial charge in [-0.05, 0) is 6.92 Å². The summed E-state index contributed by atoms with van der Waals surface area (Å²) < 4.78 is 41.9. The van der Waals surface area contributed by atoms with Gasteiger partial charge in [-0.3, -0.25) is 9.69 Å². The zero-order chi connectivity index (χ0) is 14.4. The van der Waals surface area contributed by atoms with E-state index in [1.54, 1.807) is 5.32 Å². The Balaban J connectivity index is 2.27. The molecule has 104 valence electrons. The first-order chi connectivity index (χ1) is 8.67. The van der Waals surface area contributed by atoms with E-state index in [9.17, 15) is 22.8 Å². The number of hydrogen-bond acceptors (Lipinski definition) is 5. The highest BCUT2D eigenvalue weighted by Crippen LogP contribution is 2.36. The largest absolute Gasteiger partial charge is 0.420 e. The van der Waals surface area contributed by atoms with Gasteiger partial charge in [0.25, 0.3) is 5.91 Å². The quantitative estimate of drug-likeness (QED) is 0.841. The fourth-order valence-corrected chi connectivity index (χ4v) is 2.09. The topological polar surface area (TPSA) is 75.2 Å². The molecule has 1 saturated heterocycles. The Morgan fingerprint density at radius 3 is 2.53 bits per heavy atom. The van der Waals surface area contributed by atoms with Crippen LogP contribution in [0.5, 0.6) is 0 Å². The van der Waals surface area contributed by atoms with Crippen molar-refractivity contribution in [1.82, 2.24) is 19.8 Å². The molecule has 11 heteroatoms. The predicted molar refractivity (Wildman–Crippen MR) is 58.5 cm³/mol. The van der Waals surface area contributed by atoms with Gasteiger partial charge in [-0.2, -0.15) is 13.2 Å². The van der Waals surface area contributed by atoms with Crippen LogP contribution in [-0.4, -0.2) is 38.1 Å². The van der Waals surface area contributed by atoms with Crippen molar-refractivity contribution < 1.29 is 22.8 Å². The lowest BCUT2D eigenvalue weighted by atomic mass is 10.0. The number of amides is 3. The summed E-state index contributed by atoms with van der Waals surface area (Å²) in [6.07, 6.45) is -4.89. The molecule has 0 bridgehead atoms. The van der Waals surface area contributed by atoms with Crippen LogP contribution in [0.2, 0.25) is 4.34 Å². The summed E-state index contributed by atoms with van der Waals surface area (Å²) in [5, 5.41) is 5.17. The Bertz CT molecular complexity index is 548. The highest BCUT2D eigenvalue weighted by molar-refractivity contribution is 7.10. The first-order valence-corrected chi connectivity index (χ1v) is 5.99. The second kappa shape index (κ2) is 4.30. The van der Waals surface area contributed by atoms with E-state index in [4.69, 9.17) is 11.6 Å². The van der Waals surface area contributed by atoms with Crippen molar-refractivity contribution in [2.45, 2.75) is 25.2 Å². The lowest BCUT2D eigenvalue weighted by molar-refractivity contribution is -0.191. The molecule has 1 unspecified atom stereocenters. The summed E-state index contributed by atoms with van der Waals surface area (Å²) in [5.74, 6) is -1.39. The summed E-state index contributed by atoms with van der Waals surface area (Å²) in [6, 6.07) is -1.14. The van der Waals surface area contributed by atoms with Crippen LogP contribution in [0.4, 0.5) is 18.0 Å². The SMILES string of the molecule is CC1(C(F)(F)F)NC(=O)N(Cc2nnsc2Cl)C1=O. The van der Waals surface area contributed by atoms with Crippen molar-refractivity contribution >= 4 is 35.1 Å². The third-order valence-corrected chi connectivity index (χ3v) is 3.64. The smallest absolute Gasteiger partial charge is 0.316 e. The van der Waals surface area contributed by atoms with Gasteiger partial charge in [0.1, 0.15) is 10.0 Å². The molecule has 0 spiro atoms. The third-order valence-electron chi connectivity index (χ3n) is 2.66. The molecule has 1 fully saturated rings. The van der Waals surface area contributed by atoms with Crippen LogP contribution in [0.25, 0.3) is 0 Å². The van der Waals surface area contributed by atoms with Crippen molar-refractivity contribution in [1.29, 1.82) is 0 Å². The highest BCUT2D eigenvalue weighted by Gasteiger charge is 2.64. The monoisotopic (exact) mass is 314 g/mol. The molecule has 19 heavy (non-hydrogen) atoms. The minimum atomic E-state index is -4.89. The minimum absolute atomic E-state index is 0.0709. The number of nitrogens with zero attached hydrogens (tertiary/aromatic N) is 3. The van der Waals surface area contributed by atoms with E-state index in [-0.39, 0.29) is 10.0 Å². The molecule has 1 atom stereocenters. The van der Waals surface area contributed by atoms with Crippen LogP contribution < -0.4 is 5.32 Å². The summed E-state index contributed by atoms with van der Waals surface area (Å²) in [4.78, 5) is 23.7. The number of rotatable bonds is 2. The van der Waals surface area contributed by atoms with Crippen LogP contribution in [0.1, 0.15) is 12.6 Å². The predicted octanol–water partition coefficient (Wildman–Crippen LogP) is 1.56. The lowest BCUT2D eigenvalue weighted by Crippen LogP contribution is -2.56. The lowest BCUT2D eigenvalue weighted by Gasteiger charge is -2.24. The molecule has 2 rings (SSSR count). The van der Waals surface area contributed by atoms with Gasteiger partial charge in [0, 0.05) is 11.5 Å². The van der Waals surface area contributed by atoms with Gasteiger partial charge in [0.15, 0.2) is 0 Å². The van der Waals surface area contributed by atoms with Gasteiger partial charge in [-0.15, -0.1) is 5.10 Å². The van der Waals surface area contributed by atoms with Gasteiger partial charge in [0.05, 0.1) is 6.54 Å². The number of hydrogen-bond donors (Lipinski definition) is 1. The minimum Gasteiger partial charge on any atom is -0.316 e. The number of alkyl halides is 3. The van der Waals surface area contributed by atoms with Crippen molar-refractivity contribution in [3.05, 3.63) is 10.0 Å². The van der Waals surface area contributed by atoms with E-state index in [2.05, 4.69) is 9.59 Å². The maximum absolute atomic E-state index is 12.8. The molecule has 0 aliphatic carbocycles. The van der Waals surface area contributed by atoms with Crippen molar-refractivity contribution in [2.75, 3.05) is 0 Å². The van der Waals surface area contributed by atoms with Crippen molar-refractivity contribution in [2.24, 2.45) is 0 Å². The van der Waals surface area contributed by atoms with E-state index < -0.39 is 30.2 Å². The number of urea groups is 1. The molecule has 6 nitrogen and oxygen atoms in total. The number of carbonyl (C=O) groups excluding carboxylic acids is 2. The Hall–Kier alpha value is -1.42. The van der Waals surface area contributed by atoms with Crippen molar-refractivity contribution in [3.63, 3.8) is 0 Å². The van der Waals surface area contributed by atoms with Crippen LogP contribution in [0.15, 0.2) is 0 Å². The molecule has 1 aromatic heterocycles. The van der Waals surface area contributed by atoms with E-state index in [1.807, 2.05) is 0 Å². The Labute approximate surface area is 113 Å². The number of imide groups is 1. The van der Waals surface area contributed by atoms with Crippen LogP contribution in [0, 0.1) is 0 Å². The average Bonchev–Trinajstić information content (AvgIpc) is 2.77. The van der Waals surface area contributed by atoms with E-state index >= 15 is 0 Å². The first-order valence-electron chi connectivity index (χ1n) is 4.84. The van der Waals surface area contributed by atoms with Gasteiger partial charge in [0.2, 0.25) is 5.54 Å². The second-order valence-electron chi connectivity index (χ2n) is 3.94. The maximum atomic E-state index is 12.8. The fourth-order valence-electron chi connectivity index (χ4n) is 1.47. The summed E-state index contributed by atoms with van der Waals surface area (Å²) in [5.41, 5.74) is -2.86. The Morgan fingerprint density at radius 1 is 1.47 bits per heavy atom. The van der Waals surface area contributed by atoms with E-state index in [1.165, 1.54) is 0 Å². The molecule has 1 N–H and O–H groups in total. The zero-order valence-corrected chi connectivity index (χ0v) is 10.9. The molecule has 3 amide bonds. The fraction of sp³-hybridized carbons (Fsp3) is 0.500. The molecular formula is C8H6ClF3N4O2S. The first kappa shape index (κ1) is 14.0. The number of halogens is 4. The van der Waals surface area contributed by atoms with Crippen LogP contribution in [0.3, 0.4) is 0 Å². The van der Waals surface area contributed by atoms with E-state index in [0.29, 0.717) is 11.8 Å². The molecule has 0 saturated carbocycles.